The van der Waals surface area contributed by atoms with E-state index in [1.54, 1.807) is 24.3 Å². The molecule has 0 atom stereocenters. The molecule has 0 aliphatic heterocycles. The normalized spacial score (nSPS) is 10.5. The predicted molar refractivity (Wildman–Crippen MR) is 143 cm³/mol. The number of hydrogen-bond acceptors (Lipinski definition) is 3. The molecule has 0 saturated carbocycles. The number of benzene rings is 3. The molecule has 3 rings (SSSR count). The molecule has 3 aromatic rings. The molecule has 0 unspecified atom stereocenters. The van der Waals surface area contributed by atoms with Gasteiger partial charge in [-0.25, -0.2) is 9.24 Å². The smallest absolute Gasteiger partial charge is 0.258 e. The highest BCUT2D eigenvalue weighted by Gasteiger charge is 2.22. The van der Waals surface area contributed by atoms with Gasteiger partial charge in [0.05, 0.1) is 30.5 Å². The van der Waals surface area contributed by atoms with Gasteiger partial charge >= 0.3 is 0 Å². The fourth-order valence-electron chi connectivity index (χ4n) is 3.08. The van der Waals surface area contributed by atoms with Crippen molar-refractivity contribution in [1.82, 2.24) is 0 Å². The Balaban J connectivity index is 1.90. The number of rotatable bonds is 5. The molecule has 6 nitrogen and oxygen atoms in total. The van der Waals surface area contributed by atoms with Crippen molar-refractivity contribution in [3.8, 4) is 17.2 Å². The third-order valence-corrected chi connectivity index (χ3v) is 5.91. The molecule has 0 spiro atoms. The topological polar surface area (TPSA) is 71.8 Å². The van der Waals surface area contributed by atoms with E-state index in [9.17, 15) is 14.0 Å². The van der Waals surface area contributed by atoms with Crippen LogP contribution in [0.5, 0.6) is 5.75 Å². The van der Waals surface area contributed by atoms with E-state index in [2.05, 4.69) is 46.6 Å². The van der Waals surface area contributed by atoms with Crippen LogP contribution in [0, 0.1) is 23.9 Å². The molecule has 3 aromatic carbocycles. The maximum atomic E-state index is 14.4. The second kappa shape index (κ2) is 11.1. The zero-order chi connectivity index (χ0) is 26.5. The van der Waals surface area contributed by atoms with Crippen LogP contribution in [0.2, 0.25) is 24.7 Å². The van der Waals surface area contributed by atoms with Gasteiger partial charge in [0.25, 0.3) is 11.8 Å². The Kier molecular flexibility index (Phi) is 8.16. The lowest BCUT2D eigenvalue weighted by molar-refractivity contribution is 0.102. The van der Waals surface area contributed by atoms with Gasteiger partial charge in [0.2, 0.25) is 0 Å². The molecule has 0 bridgehead atoms. The van der Waals surface area contributed by atoms with E-state index in [0.717, 1.165) is 11.6 Å². The van der Waals surface area contributed by atoms with Crippen LogP contribution in [0.1, 0.15) is 26.3 Å². The van der Waals surface area contributed by atoms with E-state index in [-0.39, 0.29) is 33.3 Å². The van der Waals surface area contributed by atoms with Crippen LogP contribution in [-0.4, -0.2) is 27.0 Å². The van der Waals surface area contributed by atoms with Gasteiger partial charge in [-0.15, -0.1) is 5.54 Å². The number of amides is 2. The van der Waals surface area contributed by atoms with E-state index in [0.29, 0.717) is 5.69 Å². The lowest BCUT2D eigenvalue weighted by atomic mass is 10.1. The van der Waals surface area contributed by atoms with Gasteiger partial charge in [-0.3, -0.25) is 9.59 Å². The van der Waals surface area contributed by atoms with Gasteiger partial charge in [-0.2, -0.15) is 0 Å². The quantitative estimate of drug-likeness (QED) is 0.222. The van der Waals surface area contributed by atoms with E-state index in [1.807, 2.05) is 0 Å². The number of hydrogen-bond donors (Lipinski definition) is 2. The van der Waals surface area contributed by atoms with E-state index in [1.165, 1.54) is 31.4 Å². The first-order valence-corrected chi connectivity index (χ1v) is 14.7. The van der Waals surface area contributed by atoms with E-state index >= 15 is 0 Å². The Labute approximate surface area is 215 Å². The zero-order valence-electron chi connectivity index (χ0n) is 20.1. The maximum Gasteiger partial charge on any atom is 0.258 e. The van der Waals surface area contributed by atoms with Gasteiger partial charge < -0.3 is 15.4 Å². The summed E-state index contributed by atoms with van der Waals surface area (Å²) in [4.78, 5) is 29.1. The number of carbonyl (C=O) groups excluding carboxylic acids is 2. The van der Waals surface area contributed by atoms with E-state index < -0.39 is 25.7 Å². The summed E-state index contributed by atoms with van der Waals surface area (Å²) < 4.78 is 19.7. The third kappa shape index (κ3) is 6.73. The summed E-state index contributed by atoms with van der Waals surface area (Å²) >= 11 is 6.18. The maximum absolute atomic E-state index is 14.4. The number of anilines is 2. The summed E-state index contributed by atoms with van der Waals surface area (Å²) in [5.41, 5.74) is 4.44. The van der Waals surface area contributed by atoms with Crippen molar-refractivity contribution in [2.45, 2.75) is 19.6 Å². The highest BCUT2D eigenvalue weighted by Crippen LogP contribution is 2.34. The summed E-state index contributed by atoms with van der Waals surface area (Å²) in [6.07, 6.45) is 0. The van der Waals surface area contributed by atoms with Crippen molar-refractivity contribution >= 4 is 48.6 Å². The van der Waals surface area contributed by atoms with Crippen molar-refractivity contribution < 1.29 is 18.7 Å². The molecule has 0 heterocycles. The number of ether oxygens (including phenoxy) is 1. The number of nitrogens with zero attached hydrogens (tertiary/aromatic N) is 1. The molecular weight excluding hydrogens is 497 g/mol. The average Bonchev–Trinajstić information content (AvgIpc) is 2.83. The lowest BCUT2D eigenvalue weighted by Gasteiger charge is -2.16. The predicted octanol–water partition coefficient (Wildman–Crippen LogP) is 6.77. The first-order chi connectivity index (χ1) is 17.0. The molecule has 0 radical (unpaired) electrons. The van der Waals surface area contributed by atoms with Gasteiger partial charge in [0.15, 0.2) is 5.69 Å². The molecule has 0 aromatic heterocycles. The zero-order valence-corrected chi connectivity index (χ0v) is 21.9. The molecule has 9 heteroatoms. The molecular formula is C27H23ClFN3O3Si. The van der Waals surface area contributed by atoms with Gasteiger partial charge in [-0.05, 0) is 36.4 Å². The number of carbonyl (C=O) groups is 2. The minimum absolute atomic E-state index is 0.0217. The van der Waals surface area contributed by atoms with Crippen molar-refractivity contribution in [2.24, 2.45) is 0 Å². The molecule has 2 N–H and O–H groups in total. The van der Waals surface area contributed by atoms with Crippen LogP contribution in [-0.2, 0) is 0 Å². The van der Waals surface area contributed by atoms with Crippen molar-refractivity contribution in [3.05, 3.63) is 93.5 Å². The Hall–Kier alpha value is -4.11. The highest BCUT2D eigenvalue weighted by atomic mass is 35.5. The lowest BCUT2D eigenvalue weighted by Crippen LogP contribution is -2.20. The summed E-state index contributed by atoms with van der Waals surface area (Å²) in [6.45, 7) is 13.4. The van der Waals surface area contributed by atoms with Gasteiger partial charge in [-0.1, -0.05) is 49.3 Å². The van der Waals surface area contributed by atoms with Gasteiger partial charge in [0, 0.05) is 22.3 Å². The monoisotopic (exact) mass is 519 g/mol. The van der Waals surface area contributed by atoms with Crippen LogP contribution < -0.4 is 15.4 Å². The van der Waals surface area contributed by atoms with Crippen LogP contribution in [0.4, 0.5) is 21.5 Å². The fourth-order valence-corrected chi connectivity index (χ4v) is 3.81. The number of methoxy groups -OCH3 is 1. The molecule has 0 aliphatic rings. The molecule has 0 fully saturated rings. The standard InChI is InChI=1S/C27H23ClFN3O3Si/c1-30-20-10-11-21(23(29)16-20)26(33)32-25-22(14-18(28)15-24(25)35-2)27(34)31-19-8-6-17(7-9-19)12-13-36(3,4)5/h6-11,14-16H,2-5H3,(H,31,34)(H,32,33). The first kappa shape index (κ1) is 26.5. The Bertz CT molecular complexity index is 1430. The van der Waals surface area contributed by atoms with Gasteiger partial charge in [0.1, 0.15) is 19.6 Å². The van der Waals surface area contributed by atoms with Crippen molar-refractivity contribution in [1.29, 1.82) is 0 Å². The molecule has 36 heavy (non-hydrogen) atoms. The summed E-state index contributed by atoms with van der Waals surface area (Å²) in [5.74, 6) is 1.03. The summed E-state index contributed by atoms with van der Waals surface area (Å²) in [5, 5.41) is 5.52. The molecule has 0 aliphatic carbocycles. The third-order valence-electron chi connectivity index (χ3n) is 4.82. The van der Waals surface area contributed by atoms with Crippen molar-refractivity contribution in [2.75, 3.05) is 17.7 Å². The first-order valence-electron chi connectivity index (χ1n) is 10.8. The molecule has 182 valence electrons. The SMILES string of the molecule is [C-]#[N+]c1ccc(C(=O)Nc2c(OC)cc(Cl)cc2C(=O)Nc2ccc(C#C[Si](C)(C)C)cc2)c(F)c1. The largest absolute Gasteiger partial charge is 0.494 e. The van der Waals surface area contributed by atoms with Crippen LogP contribution >= 0.6 is 11.6 Å². The summed E-state index contributed by atoms with van der Waals surface area (Å²) in [6, 6.07) is 13.4. The Morgan fingerprint density at radius 1 is 1.00 bits per heavy atom. The van der Waals surface area contributed by atoms with E-state index in [4.69, 9.17) is 22.9 Å². The average molecular weight is 520 g/mol. The Morgan fingerprint density at radius 2 is 1.67 bits per heavy atom. The second-order valence-electron chi connectivity index (χ2n) is 8.79. The summed E-state index contributed by atoms with van der Waals surface area (Å²) in [7, 11) is -0.162. The van der Waals surface area contributed by atoms with Crippen LogP contribution in [0.3, 0.4) is 0 Å². The molecule has 0 saturated heterocycles. The number of halogens is 2. The number of nitrogens with one attached hydrogen (secondary N) is 2. The minimum atomic E-state index is -1.52. The van der Waals surface area contributed by atoms with Crippen molar-refractivity contribution in [3.63, 3.8) is 0 Å². The molecule has 2 amide bonds. The fraction of sp³-hybridized carbons (Fsp3) is 0.148. The second-order valence-corrected chi connectivity index (χ2v) is 14.0. The highest BCUT2D eigenvalue weighted by molar-refractivity contribution is 6.83. The van der Waals surface area contributed by atoms with Crippen LogP contribution in [0.25, 0.3) is 4.85 Å². The minimum Gasteiger partial charge on any atom is -0.494 e. The van der Waals surface area contributed by atoms with Crippen LogP contribution in [0.15, 0.2) is 54.6 Å². The Morgan fingerprint density at radius 3 is 2.25 bits per heavy atom.